The highest BCUT2D eigenvalue weighted by atomic mass is 16.3. The van der Waals surface area contributed by atoms with E-state index in [2.05, 4.69) is 25.8 Å². The van der Waals surface area contributed by atoms with E-state index in [0.717, 1.165) is 13.0 Å². The van der Waals surface area contributed by atoms with E-state index in [0.29, 0.717) is 12.5 Å². The number of aliphatic hydroxyl groups excluding tert-OH is 1. The number of rotatable bonds is 7. The van der Waals surface area contributed by atoms with Gasteiger partial charge in [0.1, 0.15) is 0 Å². The van der Waals surface area contributed by atoms with Gasteiger partial charge in [0.2, 0.25) is 0 Å². The van der Waals surface area contributed by atoms with Gasteiger partial charge in [-0.3, -0.25) is 0 Å². The van der Waals surface area contributed by atoms with Gasteiger partial charge in [-0.25, -0.2) is 0 Å². The maximum atomic E-state index is 8.68. The van der Waals surface area contributed by atoms with Crippen molar-refractivity contribution in [2.24, 2.45) is 5.92 Å². The van der Waals surface area contributed by atoms with Crippen LogP contribution in [0.3, 0.4) is 0 Å². The van der Waals surface area contributed by atoms with Gasteiger partial charge in [0, 0.05) is 6.61 Å². The van der Waals surface area contributed by atoms with E-state index in [-0.39, 0.29) is 0 Å². The Labute approximate surface area is 76.6 Å². The molecule has 0 heterocycles. The van der Waals surface area contributed by atoms with Crippen LogP contribution in [0.5, 0.6) is 0 Å². The normalized spacial score (nSPS) is 13.8. The highest BCUT2D eigenvalue weighted by Crippen LogP contribution is 2.09. The van der Waals surface area contributed by atoms with Gasteiger partial charge in [0.05, 0.1) is 0 Å². The average molecular weight is 173 g/mol. The summed E-state index contributed by atoms with van der Waals surface area (Å²) in [6.07, 6.45) is 3.45. The standard InChI is InChI=1S/C10H23NO/c1-4-11(3)8-5-6-10(2)7-9-12/h10,12H,4-9H2,1-3H3. The second kappa shape index (κ2) is 7.56. The molecule has 0 aromatic carbocycles. The smallest absolute Gasteiger partial charge is 0.0433 e. The second-order valence-electron chi connectivity index (χ2n) is 3.66. The molecule has 0 amide bonds. The van der Waals surface area contributed by atoms with Crippen LogP contribution in [0.15, 0.2) is 0 Å². The fourth-order valence-electron chi connectivity index (χ4n) is 1.23. The van der Waals surface area contributed by atoms with Crippen molar-refractivity contribution in [1.82, 2.24) is 4.90 Å². The van der Waals surface area contributed by atoms with Gasteiger partial charge >= 0.3 is 0 Å². The summed E-state index contributed by atoms with van der Waals surface area (Å²) < 4.78 is 0. The Morgan fingerprint density at radius 2 is 2.00 bits per heavy atom. The van der Waals surface area contributed by atoms with Crippen LogP contribution in [-0.2, 0) is 0 Å². The fourth-order valence-corrected chi connectivity index (χ4v) is 1.23. The van der Waals surface area contributed by atoms with Crippen molar-refractivity contribution < 1.29 is 5.11 Å². The van der Waals surface area contributed by atoms with Crippen LogP contribution in [0.4, 0.5) is 0 Å². The Bertz CT molecular complexity index is 95.8. The van der Waals surface area contributed by atoms with E-state index in [1.165, 1.54) is 19.4 Å². The lowest BCUT2D eigenvalue weighted by atomic mass is 10.0. The van der Waals surface area contributed by atoms with Crippen molar-refractivity contribution in [3.8, 4) is 0 Å². The van der Waals surface area contributed by atoms with Gasteiger partial charge in [-0.1, -0.05) is 13.8 Å². The molecule has 0 radical (unpaired) electrons. The van der Waals surface area contributed by atoms with Crippen molar-refractivity contribution in [3.63, 3.8) is 0 Å². The summed E-state index contributed by atoms with van der Waals surface area (Å²) >= 11 is 0. The molecule has 2 nitrogen and oxygen atoms in total. The molecule has 1 atom stereocenters. The Kier molecular flexibility index (Phi) is 7.51. The van der Waals surface area contributed by atoms with Crippen LogP contribution in [0.25, 0.3) is 0 Å². The molecule has 1 N–H and O–H groups in total. The van der Waals surface area contributed by atoms with E-state index in [4.69, 9.17) is 5.11 Å². The highest BCUT2D eigenvalue weighted by Gasteiger charge is 2.01. The van der Waals surface area contributed by atoms with Crippen molar-refractivity contribution in [2.75, 3.05) is 26.7 Å². The number of hydrogen-bond acceptors (Lipinski definition) is 2. The topological polar surface area (TPSA) is 23.5 Å². The van der Waals surface area contributed by atoms with E-state index >= 15 is 0 Å². The minimum Gasteiger partial charge on any atom is -0.396 e. The molecule has 0 aliphatic heterocycles. The number of hydrogen-bond donors (Lipinski definition) is 1. The van der Waals surface area contributed by atoms with Gasteiger partial charge in [-0.15, -0.1) is 0 Å². The van der Waals surface area contributed by atoms with Gasteiger partial charge in [0.15, 0.2) is 0 Å². The Morgan fingerprint density at radius 1 is 1.33 bits per heavy atom. The zero-order valence-corrected chi connectivity index (χ0v) is 8.71. The maximum absolute atomic E-state index is 8.68. The fraction of sp³-hybridized carbons (Fsp3) is 1.00. The monoisotopic (exact) mass is 173 g/mol. The molecule has 0 aromatic heterocycles. The van der Waals surface area contributed by atoms with Crippen LogP contribution in [0.1, 0.15) is 33.1 Å². The summed E-state index contributed by atoms with van der Waals surface area (Å²) in [6, 6.07) is 0. The molecule has 0 rings (SSSR count). The van der Waals surface area contributed by atoms with Gasteiger partial charge in [-0.2, -0.15) is 0 Å². The Morgan fingerprint density at radius 3 is 2.50 bits per heavy atom. The first-order chi connectivity index (χ1) is 5.70. The third-order valence-electron chi connectivity index (χ3n) is 2.40. The number of nitrogens with zero attached hydrogens (tertiary/aromatic N) is 1. The summed E-state index contributed by atoms with van der Waals surface area (Å²) in [5, 5.41) is 8.68. The van der Waals surface area contributed by atoms with Gasteiger partial charge < -0.3 is 10.0 Å². The van der Waals surface area contributed by atoms with E-state index in [9.17, 15) is 0 Å². The molecular formula is C10H23NO. The first kappa shape index (κ1) is 11.9. The van der Waals surface area contributed by atoms with Gasteiger partial charge in [-0.05, 0) is 45.3 Å². The number of aliphatic hydroxyl groups is 1. The lowest BCUT2D eigenvalue weighted by Crippen LogP contribution is -2.19. The molecule has 12 heavy (non-hydrogen) atoms. The van der Waals surface area contributed by atoms with Crippen LogP contribution < -0.4 is 0 Å². The summed E-state index contributed by atoms with van der Waals surface area (Å²) in [7, 11) is 2.15. The average Bonchev–Trinajstić information content (AvgIpc) is 2.04. The highest BCUT2D eigenvalue weighted by molar-refractivity contribution is 4.55. The first-order valence-corrected chi connectivity index (χ1v) is 5.00. The summed E-state index contributed by atoms with van der Waals surface area (Å²) in [6.45, 7) is 7.05. The Balaban J connectivity index is 3.18. The molecule has 0 aromatic rings. The molecular weight excluding hydrogens is 150 g/mol. The molecule has 2 heteroatoms. The molecule has 0 aliphatic rings. The van der Waals surface area contributed by atoms with Crippen LogP contribution >= 0.6 is 0 Å². The third kappa shape index (κ3) is 6.62. The molecule has 0 aliphatic carbocycles. The lowest BCUT2D eigenvalue weighted by molar-refractivity contribution is 0.251. The molecule has 0 fully saturated rings. The van der Waals surface area contributed by atoms with Crippen molar-refractivity contribution in [2.45, 2.75) is 33.1 Å². The molecule has 74 valence electrons. The van der Waals surface area contributed by atoms with Crippen molar-refractivity contribution in [3.05, 3.63) is 0 Å². The lowest BCUT2D eigenvalue weighted by Gasteiger charge is -2.15. The minimum atomic E-state index is 0.338. The van der Waals surface area contributed by atoms with Crippen LogP contribution in [0.2, 0.25) is 0 Å². The summed E-state index contributed by atoms with van der Waals surface area (Å²) in [4.78, 5) is 2.33. The molecule has 0 spiro atoms. The zero-order chi connectivity index (χ0) is 9.40. The molecule has 0 saturated carbocycles. The quantitative estimate of drug-likeness (QED) is 0.634. The van der Waals surface area contributed by atoms with Crippen LogP contribution in [-0.4, -0.2) is 36.8 Å². The summed E-state index contributed by atoms with van der Waals surface area (Å²) in [5.74, 6) is 0.681. The van der Waals surface area contributed by atoms with E-state index < -0.39 is 0 Å². The maximum Gasteiger partial charge on any atom is 0.0433 e. The predicted octanol–water partition coefficient (Wildman–Crippen LogP) is 1.74. The van der Waals surface area contributed by atoms with Crippen molar-refractivity contribution in [1.29, 1.82) is 0 Å². The van der Waals surface area contributed by atoms with Crippen LogP contribution in [0, 0.1) is 5.92 Å². The Hall–Kier alpha value is -0.0800. The van der Waals surface area contributed by atoms with Gasteiger partial charge in [0.25, 0.3) is 0 Å². The minimum absolute atomic E-state index is 0.338. The zero-order valence-electron chi connectivity index (χ0n) is 8.71. The molecule has 0 saturated heterocycles. The molecule has 0 bridgehead atoms. The van der Waals surface area contributed by atoms with Crippen molar-refractivity contribution >= 4 is 0 Å². The second-order valence-corrected chi connectivity index (χ2v) is 3.66. The first-order valence-electron chi connectivity index (χ1n) is 5.00. The predicted molar refractivity (Wildman–Crippen MR) is 53.3 cm³/mol. The molecule has 1 unspecified atom stereocenters. The third-order valence-corrected chi connectivity index (χ3v) is 2.40. The SMILES string of the molecule is CCN(C)CCCC(C)CCO. The summed E-state index contributed by atoms with van der Waals surface area (Å²) in [5.41, 5.74) is 0. The van der Waals surface area contributed by atoms with E-state index in [1.54, 1.807) is 0 Å². The largest absolute Gasteiger partial charge is 0.396 e. The van der Waals surface area contributed by atoms with E-state index in [1.807, 2.05) is 0 Å².